The third kappa shape index (κ3) is 3.27. The molecule has 1 amide bonds. The van der Waals surface area contributed by atoms with Crippen LogP contribution in [0.5, 0.6) is 0 Å². The van der Waals surface area contributed by atoms with Crippen molar-refractivity contribution in [3.63, 3.8) is 0 Å². The largest absolute Gasteiger partial charge is 0.478 e. The van der Waals surface area contributed by atoms with Gasteiger partial charge in [-0.05, 0) is 31.2 Å². The number of rotatable bonds is 3. The van der Waals surface area contributed by atoms with E-state index < -0.39 is 15.8 Å². The van der Waals surface area contributed by atoms with Crippen molar-refractivity contribution in [2.24, 2.45) is 0 Å². The van der Waals surface area contributed by atoms with Crippen molar-refractivity contribution >= 4 is 50.8 Å². The quantitative estimate of drug-likeness (QED) is 0.450. The molecule has 1 heterocycles. The van der Waals surface area contributed by atoms with Crippen LogP contribution < -0.4 is 5.32 Å². The Morgan fingerprint density at radius 3 is 2.50 bits per heavy atom. The summed E-state index contributed by atoms with van der Waals surface area (Å²) < 4.78 is 22.3. The van der Waals surface area contributed by atoms with Crippen LogP contribution in [-0.4, -0.2) is 20.9 Å². The summed E-state index contributed by atoms with van der Waals surface area (Å²) in [7, 11) is 0. The minimum atomic E-state index is -3.56. The van der Waals surface area contributed by atoms with E-state index in [-0.39, 0.29) is 10.6 Å². The van der Waals surface area contributed by atoms with Gasteiger partial charge in [-0.1, -0.05) is 6.42 Å². The van der Waals surface area contributed by atoms with E-state index in [1.165, 1.54) is 0 Å². The molecule has 1 aliphatic rings. The first kappa shape index (κ1) is 15.6. The minimum absolute atomic E-state index is 0.0192. The molecule has 0 atom stereocenters. The molecule has 0 spiro atoms. The molecule has 2 rings (SSSR count). The van der Waals surface area contributed by atoms with Crippen LogP contribution >= 0.6 is 33.9 Å². The van der Waals surface area contributed by atoms with E-state index in [9.17, 15) is 23.5 Å². The zero-order chi connectivity index (χ0) is 14.9. The van der Waals surface area contributed by atoms with Gasteiger partial charge in [0.05, 0.1) is 5.56 Å². The molecule has 0 unspecified atom stereocenters. The minimum Gasteiger partial charge on any atom is -0.478 e. The number of thiophene rings is 1. The second-order valence-corrected chi connectivity index (χ2v) is 6.99. The highest BCUT2D eigenvalue weighted by Gasteiger charge is 2.36. The molecule has 0 aliphatic heterocycles. The predicted molar refractivity (Wildman–Crippen MR) is 80.1 cm³/mol. The Labute approximate surface area is 131 Å². The normalized spacial score (nSPS) is 15.3. The molecule has 0 saturated heterocycles. The van der Waals surface area contributed by atoms with E-state index in [1.54, 1.807) is 0 Å². The van der Waals surface area contributed by atoms with Crippen LogP contribution in [0.15, 0.2) is 0 Å². The third-order valence-electron chi connectivity index (χ3n) is 3.12. The number of carbonyl (C=O) groups is 2. The van der Waals surface area contributed by atoms with Crippen molar-refractivity contribution in [1.82, 2.24) is 0 Å². The smallest absolute Gasteiger partial charge is 0.372 e. The number of aryl methyl sites for hydroxylation is 1. The van der Waals surface area contributed by atoms with Gasteiger partial charge in [-0.2, -0.15) is 8.78 Å². The van der Waals surface area contributed by atoms with Crippen molar-refractivity contribution in [2.45, 2.75) is 36.0 Å². The van der Waals surface area contributed by atoms with Gasteiger partial charge in [0, 0.05) is 27.5 Å². The Kier molecular flexibility index (Phi) is 4.62. The molecule has 110 valence electrons. The average Bonchev–Trinajstić information content (AvgIpc) is 2.51. The first-order valence-corrected chi connectivity index (χ1v) is 7.96. The monoisotopic (exact) mass is 415 g/mol. The molecular weight excluding hydrogens is 403 g/mol. The lowest BCUT2D eigenvalue weighted by Gasteiger charge is -2.09. The number of carbonyl (C=O) groups excluding carboxylic acids is 1. The molecule has 0 aromatic carbocycles. The fourth-order valence-electron chi connectivity index (χ4n) is 2.23. The highest BCUT2D eigenvalue weighted by molar-refractivity contribution is 14.1. The van der Waals surface area contributed by atoms with Gasteiger partial charge in [0.1, 0.15) is 5.00 Å². The SMILES string of the molecule is O=C(O)c1c(NC(=O)C(F)(F)I)sc2c1CCCCC2. The summed E-state index contributed by atoms with van der Waals surface area (Å²) in [4.78, 5) is 23.6. The van der Waals surface area contributed by atoms with E-state index in [0.29, 0.717) is 12.0 Å². The van der Waals surface area contributed by atoms with Gasteiger partial charge in [-0.3, -0.25) is 4.79 Å². The van der Waals surface area contributed by atoms with E-state index in [0.717, 1.165) is 64.5 Å². The third-order valence-corrected chi connectivity index (χ3v) is 4.82. The summed E-state index contributed by atoms with van der Waals surface area (Å²) in [6.45, 7) is 0. The van der Waals surface area contributed by atoms with Gasteiger partial charge < -0.3 is 10.4 Å². The van der Waals surface area contributed by atoms with E-state index in [1.807, 2.05) is 0 Å². The van der Waals surface area contributed by atoms with Gasteiger partial charge in [0.25, 0.3) is 0 Å². The molecule has 2 N–H and O–H groups in total. The standard InChI is InChI=1S/C12H12F2INO3S/c13-12(14,15)11(19)16-9-8(10(17)18)6-4-2-1-3-5-7(6)20-9/h1-5H2,(H,16,19)(H,17,18). The second kappa shape index (κ2) is 5.92. The molecule has 0 bridgehead atoms. The molecule has 0 radical (unpaired) electrons. The number of hydrogen-bond donors (Lipinski definition) is 2. The highest BCUT2D eigenvalue weighted by atomic mass is 127. The Morgan fingerprint density at radius 1 is 1.25 bits per heavy atom. The molecular formula is C12H12F2INO3S. The first-order valence-electron chi connectivity index (χ1n) is 6.06. The van der Waals surface area contributed by atoms with Crippen LogP contribution in [0, 0.1) is 0 Å². The number of carboxylic acids is 1. The topological polar surface area (TPSA) is 66.4 Å². The maximum Gasteiger partial charge on any atom is 0.372 e. The summed E-state index contributed by atoms with van der Waals surface area (Å²) in [5.74, 6) is -2.67. The zero-order valence-electron chi connectivity index (χ0n) is 10.3. The van der Waals surface area contributed by atoms with E-state index in [4.69, 9.17) is 0 Å². The summed E-state index contributed by atoms with van der Waals surface area (Å²) in [6.07, 6.45) is 4.19. The molecule has 0 saturated carbocycles. The number of halogens is 3. The van der Waals surface area contributed by atoms with Gasteiger partial charge >= 0.3 is 15.8 Å². The molecule has 20 heavy (non-hydrogen) atoms. The summed E-state index contributed by atoms with van der Waals surface area (Å²) in [5.41, 5.74) is 0.660. The number of amides is 1. The molecule has 8 heteroatoms. The maximum absolute atomic E-state index is 12.9. The molecule has 1 aromatic rings. The number of carboxylic acid groups (broad SMARTS) is 1. The van der Waals surface area contributed by atoms with Crippen LogP contribution in [0.25, 0.3) is 0 Å². The first-order chi connectivity index (χ1) is 9.30. The van der Waals surface area contributed by atoms with Gasteiger partial charge in [0.15, 0.2) is 0 Å². The van der Waals surface area contributed by atoms with Crippen LogP contribution in [0.4, 0.5) is 13.8 Å². The number of alkyl halides is 3. The molecule has 1 aromatic heterocycles. The highest BCUT2D eigenvalue weighted by Crippen LogP contribution is 2.38. The van der Waals surface area contributed by atoms with E-state index >= 15 is 0 Å². The van der Waals surface area contributed by atoms with Gasteiger partial charge in [-0.15, -0.1) is 11.3 Å². The van der Waals surface area contributed by atoms with Crippen molar-refractivity contribution < 1.29 is 23.5 Å². The number of fused-ring (bicyclic) bond motifs is 1. The lowest BCUT2D eigenvalue weighted by Crippen LogP contribution is -2.28. The number of anilines is 1. The van der Waals surface area contributed by atoms with Crippen LogP contribution in [-0.2, 0) is 17.6 Å². The maximum atomic E-state index is 12.9. The fourth-order valence-corrected chi connectivity index (χ4v) is 3.64. The average molecular weight is 415 g/mol. The molecule has 4 nitrogen and oxygen atoms in total. The Bertz CT molecular complexity index is 554. The zero-order valence-corrected chi connectivity index (χ0v) is 13.3. The molecule has 1 aliphatic carbocycles. The van der Waals surface area contributed by atoms with E-state index in [2.05, 4.69) is 5.32 Å². The summed E-state index contributed by atoms with van der Waals surface area (Å²) in [6, 6.07) is 0. The predicted octanol–water partition coefficient (Wildman–Crippen LogP) is 3.68. The second-order valence-electron chi connectivity index (χ2n) is 4.53. The number of hydrogen-bond acceptors (Lipinski definition) is 3. The summed E-state index contributed by atoms with van der Waals surface area (Å²) >= 11 is 1.82. The van der Waals surface area contributed by atoms with Crippen molar-refractivity contribution in [3.05, 3.63) is 16.0 Å². The number of nitrogens with one attached hydrogen (secondary N) is 1. The van der Waals surface area contributed by atoms with Crippen LogP contribution in [0.2, 0.25) is 0 Å². The number of aromatic carboxylic acids is 1. The van der Waals surface area contributed by atoms with Gasteiger partial charge in [-0.25, -0.2) is 4.79 Å². The van der Waals surface area contributed by atoms with Gasteiger partial charge in [0.2, 0.25) is 0 Å². The molecule has 0 fully saturated rings. The van der Waals surface area contributed by atoms with Crippen molar-refractivity contribution in [1.29, 1.82) is 0 Å². The van der Waals surface area contributed by atoms with Crippen molar-refractivity contribution in [2.75, 3.05) is 5.32 Å². The van der Waals surface area contributed by atoms with Crippen LogP contribution in [0.3, 0.4) is 0 Å². The Morgan fingerprint density at radius 2 is 1.90 bits per heavy atom. The summed E-state index contributed by atoms with van der Waals surface area (Å²) in [5, 5.41) is 11.4. The Balaban J connectivity index is 2.38. The lowest BCUT2D eigenvalue weighted by molar-refractivity contribution is -0.127. The van der Waals surface area contributed by atoms with Crippen molar-refractivity contribution in [3.8, 4) is 0 Å². The fraction of sp³-hybridized carbons (Fsp3) is 0.500. The van der Waals surface area contributed by atoms with Crippen LogP contribution in [0.1, 0.15) is 40.1 Å². The Hall–Kier alpha value is -0.770. The lowest BCUT2D eigenvalue weighted by atomic mass is 10.1.